The molecule has 4 rings (SSSR count). The van der Waals surface area contributed by atoms with Crippen LogP contribution in [0.4, 0.5) is 16.2 Å². The monoisotopic (exact) mass is 481 g/mol. The maximum atomic E-state index is 13.0. The summed E-state index contributed by atoms with van der Waals surface area (Å²) in [6.45, 7) is 5.26. The largest absolute Gasteiger partial charge is 0.376 e. The molecule has 178 valence electrons. The molecule has 0 saturated carbocycles. The molecule has 1 unspecified atom stereocenters. The molecule has 0 aliphatic carbocycles. The first-order chi connectivity index (χ1) is 16.4. The van der Waals surface area contributed by atoms with Crippen LogP contribution in [0, 0.1) is 0 Å². The minimum atomic E-state index is -0.290. The van der Waals surface area contributed by atoms with Gasteiger partial charge in [-0.1, -0.05) is 31.5 Å². The van der Waals surface area contributed by atoms with Gasteiger partial charge >= 0.3 is 6.03 Å². The minimum Gasteiger partial charge on any atom is -0.376 e. The highest BCUT2D eigenvalue weighted by Crippen LogP contribution is 2.25. The summed E-state index contributed by atoms with van der Waals surface area (Å²) < 4.78 is 7.25. The van der Waals surface area contributed by atoms with E-state index in [0.29, 0.717) is 28.5 Å². The van der Waals surface area contributed by atoms with Crippen LogP contribution in [0.15, 0.2) is 54.7 Å². The normalized spacial score (nSPS) is 15.4. The highest BCUT2D eigenvalue weighted by Gasteiger charge is 2.21. The average Bonchev–Trinajstić information content (AvgIpc) is 3.49. The Morgan fingerprint density at radius 2 is 1.88 bits per heavy atom. The van der Waals surface area contributed by atoms with Gasteiger partial charge in [0.2, 0.25) is 0 Å². The molecule has 2 heterocycles. The molecule has 1 aliphatic heterocycles. The van der Waals surface area contributed by atoms with Crippen molar-refractivity contribution in [3.8, 4) is 5.69 Å². The summed E-state index contributed by atoms with van der Waals surface area (Å²) in [6.07, 6.45) is 3.65. The Morgan fingerprint density at radius 3 is 2.53 bits per heavy atom. The van der Waals surface area contributed by atoms with Crippen molar-refractivity contribution in [2.75, 3.05) is 23.8 Å². The van der Waals surface area contributed by atoms with Crippen molar-refractivity contribution in [3.05, 3.63) is 71.0 Å². The zero-order valence-corrected chi connectivity index (χ0v) is 19.9. The van der Waals surface area contributed by atoms with Crippen LogP contribution in [-0.2, 0) is 4.74 Å². The number of nitrogens with zero attached hydrogens (tertiary/aromatic N) is 2. The van der Waals surface area contributed by atoms with Gasteiger partial charge in [-0.2, -0.15) is 5.10 Å². The molecular weight excluding hydrogens is 454 g/mol. The van der Waals surface area contributed by atoms with Crippen LogP contribution in [0.5, 0.6) is 0 Å². The van der Waals surface area contributed by atoms with Gasteiger partial charge in [-0.3, -0.25) is 4.79 Å². The van der Waals surface area contributed by atoms with Crippen LogP contribution < -0.4 is 16.0 Å². The lowest BCUT2D eigenvalue weighted by molar-refractivity contribution is 0.102. The third-order valence-corrected chi connectivity index (χ3v) is 5.80. The van der Waals surface area contributed by atoms with Gasteiger partial charge in [-0.05, 0) is 61.2 Å². The van der Waals surface area contributed by atoms with Gasteiger partial charge < -0.3 is 20.7 Å². The fraction of sp³-hybridized carbons (Fsp3) is 0.320. The van der Waals surface area contributed by atoms with Crippen LogP contribution in [0.25, 0.3) is 5.69 Å². The maximum Gasteiger partial charge on any atom is 0.319 e. The van der Waals surface area contributed by atoms with Crippen LogP contribution in [0.1, 0.15) is 48.7 Å². The Balaban J connectivity index is 1.40. The first-order valence-corrected chi connectivity index (χ1v) is 11.7. The summed E-state index contributed by atoms with van der Waals surface area (Å²) in [6, 6.07) is 14.0. The molecule has 2 aromatic carbocycles. The van der Waals surface area contributed by atoms with E-state index >= 15 is 0 Å². The van der Waals surface area contributed by atoms with Crippen molar-refractivity contribution in [1.29, 1.82) is 0 Å². The van der Waals surface area contributed by atoms with E-state index in [4.69, 9.17) is 16.3 Å². The number of halogens is 1. The molecule has 3 N–H and O–H groups in total. The third kappa shape index (κ3) is 5.76. The number of hydrogen-bond acceptors (Lipinski definition) is 4. The summed E-state index contributed by atoms with van der Waals surface area (Å²) in [4.78, 5) is 25.1. The number of aromatic nitrogens is 2. The summed E-state index contributed by atoms with van der Waals surface area (Å²) in [5.74, 6) is -0.200. The van der Waals surface area contributed by atoms with Gasteiger partial charge in [0, 0.05) is 29.5 Å². The number of hydrogen-bond donors (Lipinski definition) is 3. The molecule has 9 heteroatoms. The van der Waals surface area contributed by atoms with E-state index in [9.17, 15) is 9.59 Å². The van der Waals surface area contributed by atoms with Crippen molar-refractivity contribution >= 4 is 34.9 Å². The number of benzene rings is 2. The van der Waals surface area contributed by atoms with E-state index in [2.05, 4.69) is 21.0 Å². The third-order valence-electron chi connectivity index (χ3n) is 5.57. The van der Waals surface area contributed by atoms with Crippen LogP contribution >= 0.6 is 11.6 Å². The fourth-order valence-electron chi connectivity index (χ4n) is 3.92. The van der Waals surface area contributed by atoms with E-state index in [1.54, 1.807) is 41.2 Å². The predicted molar refractivity (Wildman–Crippen MR) is 133 cm³/mol. The number of carbonyl (C=O) groups is 2. The summed E-state index contributed by atoms with van der Waals surface area (Å²) in [5, 5.41) is 13.5. The maximum absolute atomic E-state index is 13.0. The first-order valence-electron chi connectivity index (χ1n) is 11.3. The SMILES string of the molecule is CC(C)c1c(C(=O)Nc2ccc(NC(=O)NCC3CCCO3)cc2)cnn1-c1cccc(Cl)c1. The lowest BCUT2D eigenvalue weighted by Crippen LogP contribution is -2.35. The quantitative estimate of drug-likeness (QED) is 0.432. The number of ether oxygens (including phenoxy) is 1. The zero-order chi connectivity index (χ0) is 24.1. The van der Waals surface area contributed by atoms with Crippen LogP contribution in [0.3, 0.4) is 0 Å². The van der Waals surface area contributed by atoms with E-state index in [1.165, 1.54) is 0 Å². The molecule has 34 heavy (non-hydrogen) atoms. The molecule has 1 saturated heterocycles. The number of nitrogens with one attached hydrogen (secondary N) is 3. The molecule has 3 aromatic rings. The van der Waals surface area contributed by atoms with Gasteiger partial charge in [0.25, 0.3) is 5.91 Å². The fourth-order valence-corrected chi connectivity index (χ4v) is 4.11. The van der Waals surface area contributed by atoms with E-state index < -0.39 is 0 Å². The number of amides is 3. The van der Waals surface area contributed by atoms with E-state index in [1.807, 2.05) is 32.0 Å². The topological polar surface area (TPSA) is 97.3 Å². The number of carbonyl (C=O) groups excluding carboxylic acids is 2. The van der Waals surface area contributed by atoms with Crippen molar-refractivity contribution in [2.24, 2.45) is 0 Å². The van der Waals surface area contributed by atoms with E-state index in [0.717, 1.165) is 30.8 Å². The van der Waals surface area contributed by atoms with Crippen molar-refractivity contribution in [2.45, 2.75) is 38.7 Å². The van der Waals surface area contributed by atoms with Crippen molar-refractivity contribution < 1.29 is 14.3 Å². The van der Waals surface area contributed by atoms with Gasteiger partial charge in [0.05, 0.1) is 29.2 Å². The Kier molecular flexibility index (Phi) is 7.49. The Morgan fingerprint density at radius 1 is 1.15 bits per heavy atom. The average molecular weight is 482 g/mol. The molecule has 1 aromatic heterocycles. The molecule has 0 radical (unpaired) electrons. The predicted octanol–water partition coefficient (Wildman–Crippen LogP) is 5.20. The number of rotatable bonds is 7. The van der Waals surface area contributed by atoms with Crippen LogP contribution in [-0.4, -0.2) is 41.0 Å². The summed E-state index contributed by atoms with van der Waals surface area (Å²) in [7, 11) is 0. The Bertz CT molecular complexity index is 1150. The second-order valence-corrected chi connectivity index (χ2v) is 8.93. The first kappa shape index (κ1) is 23.8. The summed E-state index contributed by atoms with van der Waals surface area (Å²) in [5.41, 5.74) is 3.31. The molecule has 1 fully saturated rings. The van der Waals surface area contributed by atoms with Gasteiger partial charge in [-0.15, -0.1) is 0 Å². The molecule has 8 nitrogen and oxygen atoms in total. The molecule has 3 amide bonds. The van der Waals surface area contributed by atoms with Crippen molar-refractivity contribution in [1.82, 2.24) is 15.1 Å². The number of urea groups is 1. The molecule has 1 aliphatic rings. The van der Waals surface area contributed by atoms with Gasteiger partial charge in [0.15, 0.2) is 0 Å². The lowest BCUT2D eigenvalue weighted by Gasteiger charge is -2.14. The number of anilines is 2. The van der Waals surface area contributed by atoms with E-state index in [-0.39, 0.29) is 24.0 Å². The standard InChI is InChI=1S/C25H28ClN5O3/c1-16(2)23-22(15-28-31(23)20-6-3-5-17(26)13-20)24(32)29-18-8-10-19(11-9-18)30-25(33)27-14-21-7-4-12-34-21/h3,5-6,8-11,13,15-16,21H,4,7,12,14H2,1-2H3,(H,29,32)(H2,27,30,33). The second kappa shape index (κ2) is 10.7. The molecule has 0 spiro atoms. The van der Waals surface area contributed by atoms with Crippen LogP contribution in [0.2, 0.25) is 5.02 Å². The van der Waals surface area contributed by atoms with Gasteiger partial charge in [0.1, 0.15) is 0 Å². The molecule has 1 atom stereocenters. The minimum absolute atomic E-state index is 0.0574. The highest BCUT2D eigenvalue weighted by molar-refractivity contribution is 6.30. The second-order valence-electron chi connectivity index (χ2n) is 8.49. The van der Waals surface area contributed by atoms with Gasteiger partial charge in [-0.25, -0.2) is 9.48 Å². The smallest absolute Gasteiger partial charge is 0.319 e. The van der Waals surface area contributed by atoms with Crippen molar-refractivity contribution in [3.63, 3.8) is 0 Å². The Labute approximate surface area is 203 Å². The molecular formula is C25H28ClN5O3. The summed E-state index contributed by atoms with van der Waals surface area (Å²) >= 11 is 6.14. The Hall–Kier alpha value is -3.36. The zero-order valence-electron chi connectivity index (χ0n) is 19.2. The lowest BCUT2D eigenvalue weighted by atomic mass is 10.0. The highest BCUT2D eigenvalue weighted by atomic mass is 35.5. The molecule has 0 bridgehead atoms.